The van der Waals surface area contributed by atoms with Crippen molar-refractivity contribution in [2.24, 2.45) is 0 Å². The molecular formula is C13H22N4. The summed E-state index contributed by atoms with van der Waals surface area (Å²) in [6.45, 7) is 8.00. The van der Waals surface area contributed by atoms with E-state index in [9.17, 15) is 0 Å². The van der Waals surface area contributed by atoms with Crippen LogP contribution in [0.25, 0.3) is 0 Å². The average Bonchev–Trinajstić information content (AvgIpc) is 2.33. The highest BCUT2D eigenvalue weighted by atomic mass is 15.3. The van der Waals surface area contributed by atoms with Crippen LogP contribution in [-0.2, 0) is 0 Å². The maximum Gasteiger partial charge on any atom is 0.126 e. The second-order valence-electron chi connectivity index (χ2n) is 4.86. The maximum absolute atomic E-state index is 4.29. The summed E-state index contributed by atoms with van der Waals surface area (Å²) in [6.07, 6.45) is 1.82. The van der Waals surface area contributed by atoms with Crippen LogP contribution in [0.4, 0.5) is 5.82 Å². The Morgan fingerprint density at radius 3 is 2.71 bits per heavy atom. The third-order valence-corrected chi connectivity index (χ3v) is 3.19. The molecule has 94 valence electrons. The molecule has 0 aliphatic carbocycles. The first kappa shape index (κ1) is 12.3. The summed E-state index contributed by atoms with van der Waals surface area (Å²) in [4.78, 5) is 9.18. The lowest BCUT2D eigenvalue weighted by Crippen LogP contribution is -2.47. The summed E-state index contributed by atoms with van der Waals surface area (Å²) in [5.41, 5.74) is 0. The van der Waals surface area contributed by atoms with E-state index >= 15 is 0 Å². The van der Waals surface area contributed by atoms with Crippen molar-refractivity contribution in [1.82, 2.24) is 14.8 Å². The molecule has 1 N–H and O–H groups in total. The Hall–Kier alpha value is -1.13. The number of rotatable bonds is 4. The molecule has 0 radical (unpaired) electrons. The Balaban J connectivity index is 1.76. The van der Waals surface area contributed by atoms with Gasteiger partial charge < -0.3 is 10.2 Å². The minimum Gasteiger partial charge on any atom is -0.366 e. The zero-order valence-corrected chi connectivity index (χ0v) is 10.8. The molecule has 2 rings (SSSR count). The van der Waals surface area contributed by atoms with Gasteiger partial charge in [0.25, 0.3) is 0 Å². The van der Waals surface area contributed by atoms with E-state index in [1.807, 2.05) is 24.4 Å². The van der Waals surface area contributed by atoms with Crippen LogP contribution in [0.1, 0.15) is 6.92 Å². The van der Waals surface area contributed by atoms with Gasteiger partial charge in [-0.1, -0.05) is 6.07 Å². The van der Waals surface area contributed by atoms with E-state index in [0.29, 0.717) is 6.04 Å². The zero-order valence-electron chi connectivity index (χ0n) is 10.8. The highest BCUT2D eigenvalue weighted by Crippen LogP contribution is 2.05. The Bertz CT molecular complexity index is 319. The van der Waals surface area contributed by atoms with Crippen LogP contribution in [0, 0.1) is 0 Å². The number of pyridine rings is 1. The second kappa shape index (κ2) is 5.98. The number of nitrogens with one attached hydrogen (secondary N) is 1. The van der Waals surface area contributed by atoms with Crippen molar-refractivity contribution in [2.75, 3.05) is 45.1 Å². The van der Waals surface area contributed by atoms with Crippen molar-refractivity contribution < 1.29 is 0 Å². The van der Waals surface area contributed by atoms with E-state index in [0.717, 1.165) is 12.4 Å². The van der Waals surface area contributed by atoms with Gasteiger partial charge in [0.1, 0.15) is 5.82 Å². The molecule has 0 spiro atoms. The van der Waals surface area contributed by atoms with Crippen LogP contribution < -0.4 is 5.32 Å². The second-order valence-corrected chi connectivity index (χ2v) is 4.86. The Labute approximate surface area is 104 Å². The largest absolute Gasteiger partial charge is 0.366 e. The number of piperazine rings is 1. The van der Waals surface area contributed by atoms with Crippen LogP contribution in [0.2, 0.25) is 0 Å². The van der Waals surface area contributed by atoms with Crippen LogP contribution in [0.5, 0.6) is 0 Å². The standard InChI is InChI=1S/C13H22N4/c1-12(15-13-5-3-4-6-14-13)11-17-9-7-16(2)8-10-17/h3-6,12H,7-11H2,1-2H3,(H,14,15). The number of hydrogen-bond donors (Lipinski definition) is 1. The van der Waals surface area contributed by atoms with E-state index in [1.54, 1.807) is 0 Å². The Kier molecular flexibility index (Phi) is 4.34. The summed E-state index contributed by atoms with van der Waals surface area (Å²) in [5.74, 6) is 0.967. The summed E-state index contributed by atoms with van der Waals surface area (Å²) in [5, 5.41) is 3.43. The monoisotopic (exact) mass is 234 g/mol. The number of aromatic nitrogens is 1. The van der Waals surface area contributed by atoms with E-state index in [2.05, 4.69) is 34.1 Å². The molecule has 1 aliphatic rings. The van der Waals surface area contributed by atoms with Gasteiger partial charge in [0.15, 0.2) is 0 Å². The molecule has 1 fully saturated rings. The first-order chi connectivity index (χ1) is 8.24. The minimum atomic E-state index is 0.438. The molecule has 0 aromatic carbocycles. The van der Waals surface area contributed by atoms with Crippen molar-refractivity contribution in [2.45, 2.75) is 13.0 Å². The van der Waals surface area contributed by atoms with Gasteiger partial charge in [0.2, 0.25) is 0 Å². The number of nitrogens with zero attached hydrogens (tertiary/aromatic N) is 3. The van der Waals surface area contributed by atoms with Gasteiger partial charge in [-0.15, -0.1) is 0 Å². The molecule has 1 atom stereocenters. The zero-order chi connectivity index (χ0) is 12.1. The fraction of sp³-hybridized carbons (Fsp3) is 0.615. The molecular weight excluding hydrogens is 212 g/mol. The first-order valence-corrected chi connectivity index (χ1v) is 6.32. The SMILES string of the molecule is CC(CN1CCN(C)CC1)Nc1ccccn1. The molecule has 4 nitrogen and oxygen atoms in total. The molecule has 4 heteroatoms. The van der Waals surface area contributed by atoms with Gasteiger partial charge in [-0.05, 0) is 26.1 Å². The van der Waals surface area contributed by atoms with E-state index in [-0.39, 0.29) is 0 Å². The quantitative estimate of drug-likeness (QED) is 0.846. The minimum absolute atomic E-state index is 0.438. The summed E-state index contributed by atoms with van der Waals surface area (Å²) < 4.78 is 0. The lowest BCUT2D eigenvalue weighted by atomic mass is 10.2. The summed E-state index contributed by atoms with van der Waals surface area (Å²) in [7, 11) is 2.19. The molecule has 1 aliphatic heterocycles. The maximum atomic E-state index is 4.29. The van der Waals surface area contributed by atoms with Gasteiger partial charge >= 0.3 is 0 Å². The smallest absolute Gasteiger partial charge is 0.126 e. The molecule has 0 amide bonds. The third-order valence-electron chi connectivity index (χ3n) is 3.19. The number of likely N-dealkylation sites (N-methyl/N-ethyl adjacent to an activating group) is 1. The highest BCUT2D eigenvalue weighted by Gasteiger charge is 2.15. The Morgan fingerprint density at radius 2 is 2.06 bits per heavy atom. The van der Waals surface area contributed by atoms with Crippen LogP contribution in [0.15, 0.2) is 24.4 Å². The number of hydrogen-bond acceptors (Lipinski definition) is 4. The molecule has 1 aromatic heterocycles. The molecule has 1 aromatic rings. The van der Waals surface area contributed by atoms with Crippen molar-refractivity contribution in [1.29, 1.82) is 0 Å². The first-order valence-electron chi connectivity index (χ1n) is 6.32. The summed E-state index contributed by atoms with van der Waals surface area (Å²) >= 11 is 0. The van der Waals surface area contributed by atoms with Crippen molar-refractivity contribution in [3.8, 4) is 0 Å². The summed E-state index contributed by atoms with van der Waals surface area (Å²) in [6, 6.07) is 6.41. The fourth-order valence-corrected chi connectivity index (χ4v) is 2.16. The van der Waals surface area contributed by atoms with Crippen molar-refractivity contribution in [3.05, 3.63) is 24.4 Å². The van der Waals surface area contributed by atoms with Crippen LogP contribution in [0.3, 0.4) is 0 Å². The van der Waals surface area contributed by atoms with Gasteiger partial charge in [-0.25, -0.2) is 4.98 Å². The van der Waals surface area contributed by atoms with Gasteiger partial charge in [-0.3, -0.25) is 4.90 Å². The van der Waals surface area contributed by atoms with Crippen LogP contribution in [-0.4, -0.2) is 60.6 Å². The molecule has 2 heterocycles. The topological polar surface area (TPSA) is 31.4 Å². The molecule has 0 saturated carbocycles. The molecule has 1 unspecified atom stereocenters. The lowest BCUT2D eigenvalue weighted by Gasteiger charge is -2.34. The van der Waals surface area contributed by atoms with Crippen molar-refractivity contribution >= 4 is 5.82 Å². The lowest BCUT2D eigenvalue weighted by molar-refractivity contribution is 0.151. The van der Waals surface area contributed by atoms with Gasteiger partial charge in [-0.2, -0.15) is 0 Å². The van der Waals surface area contributed by atoms with Gasteiger partial charge in [0.05, 0.1) is 0 Å². The van der Waals surface area contributed by atoms with E-state index in [1.165, 1.54) is 26.2 Å². The van der Waals surface area contributed by atoms with Gasteiger partial charge in [0, 0.05) is 45.0 Å². The normalized spacial score (nSPS) is 20.1. The third kappa shape index (κ3) is 3.98. The predicted molar refractivity (Wildman–Crippen MR) is 71.3 cm³/mol. The molecule has 17 heavy (non-hydrogen) atoms. The average molecular weight is 234 g/mol. The fourth-order valence-electron chi connectivity index (χ4n) is 2.16. The molecule has 0 bridgehead atoms. The predicted octanol–water partition coefficient (Wildman–Crippen LogP) is 1.13. The Morgan fingerprint density at radius 1 is 1.29 bits per heavy atom. The number of anilines is 1. The van der Waals surface area contributed by atoms with Crippen molar-refractivity contribution in [3.63, 3.8) is 0 Å². The van der Waals surface area contributed by atoms with Crippen LogP contribution >= 0.6 is 0 Å². The molecule has 1 saturated heterocycles. The van der Waals surface area contributed by atoms with E-state index in [4.69, 9.17) is 0 Å². The van der Waals surface area contributed by atoms with E-state index < -0.39 is 0 Å². The highest BCUT2D eigenvalue weighted by molar-refractivity contribution is 5.34.